The minimum Gasteiger partial charge on any atom is -0.384 e. The SMILES string of the molecule is COCCc1ccc(-c2cnc(C(C)CN)[nH]2)cc1. The summed E-state index contributed by atoms with van der Waals surface area (Å²) in [5, 5.41) is 0. The Kier molecular flexibility index (Phi) is 4.71. The first-order valence-corrected chi connectivity index (χ1v) is 6.57. The van der Waals surface area contributed by atoms with Gasteiger partial charge in [0.15, 0.2) is 0 Å². The highest BCUT2D eigenvalue weighted by atomic mass is 16.5. The molecule has 4 heteroatoms. The molecule has 2 aromatic rings. The summed E-state index contributed by atoms with van der Waals surface area (Å²) in [5.74, 6) is 1.20. The third-order valence-corrected chi connectivity index (χ3v) is 3.28. The standard InChI is InChI=1S/C15H21N3O/c1-11(9-16)15-17-10-14(18-15)13-5-3-12(4-6-13)7-8-19-2/h3-6,10-11H,7-9,16H2,1-2H3,(H,17,18). The molecule has 1 unspecified atom stereocenters. The highest BCUT2D eigenvalue weighted by molar-refractivity contribution is 5.58. The van der Waals surface area contributed by atoms with Crippen LogP contribution in [-0.4, -0.2) is 30.2 Å². The Balaban J connectivity index is 2.11. The van der Waals surface area contributed by atoms with Crippen LogP contribution in [0.1, 0.15) is 24.2 Å². The second-order valence-electron chi connectivity index (χ2n) is 4.76. The van der Waals surface area contributed by atoms with Crippen molar-refractivity contribution in [2.75, 3.05) is 20.3 Å². The van der Waals surface area contributed by atoms with Crippen LogP contribution in [0.15, 0.2) is 30.5 Å². The van der Waals surface area contributed by atoms with E-state index in [1.165, 1.54) is 5.56 Å². The Labute approximate surface area is 114 Å². The summed E-state index contributed by atoms with van der Waals surface area (Å²) < 4.78 is 5.07. The van der Waals surface area contributed by atoms with Crippen molar-refractivity contribution in [1.82, 2.24) is 9.97 Å². The van der Waals surface area contributed by atoms with Crippen molar-refractivity contribution in [3.8, 4) is 11.3 Å². The number of hydrogen-bond donors (Lipinski definition) is 2. The fourth-order valence-corrected chi connectivity index (χ4v) is 1.92. The lowest BCUT2D eigenvalue weighted by molar-refractivity contribution is 0.202. The molecule has 1 atom stereocenters. The van der Waals surface area contributed by atoms with Crippen molar-refractivity contribution in [2.24, 2.45) is 5.73 Å². The molecule has 0 bridgehead atoms. The van der Waals surface area contributed by atoms with Gasteiger partial charge in [-0.15, -0.1) is 0 Å². The van der Waals surface area contributed by atoms with Crippen molar-refractivity contribution in [2.45, 2.75) is 19.3 Å². The van der Waals surface area contributed by atoms with E-state index in [-0.39, 0.29) is 5.92 Å². The zero-order valence-electron chi connectivity index (χ0n) is 11.5. The Morgan fingerprint density at radius 3 is 2.68 bits per heavy atom. The molecule has 0 radical (unpaired) electrons. The van der Waals surface area contributed by atoms with E-state index in [4.69, 9.17) is 10.5 Å². The number of ether oxygens (including phenoxy) is 1. The molecule has 0 amide bonds. The van der Waals surface area contributed by atoms with Gasteiger partial charge in [0.05, 0.1) is 18.5 Å². The molecule has 1 heterocycles. The van der Waals surface area contributed by atoms with E-state index in [1.807, 2.05) is 6.20 Å². The number of aromatic amines is 1. The van der Waals surface area contributed by atoms with E-state index < -0.39 is 0 Å². The molecule has 3 N–H and O–H groups in total. The Bertz CT molecular complexity index is 504. The molecule has 0 spiro atoms. The van der Waals surface area contributed by atoms with Crippen molar-refractivity contribution in [1.29, 1.82) is 0 Å². The van der Waals surface area contributed by atoms with Crippen molar-refractivity contribution < 1.29 is 4.74 Å². The Hall–Kier alpha value is -1.65. The summed E-state index contributed by atoms with van der Waals surface area (Å²) in [6.45, 7) is 3.42. The van der Waals surface area contributed by atoms with Crippen LogP contribution in [0.5, 0.6) is 0 Å². The first kappa shape index (κ1) is 13.8. The molecule has 0 aliphatic carbocycles. The minimum atomic E-state index is 0.259. The monoisotopic (exact) mass is 259 g/mol. The third kappa shape index (κ3) is 3.43. The quantitative estimate of drug-likeness (QED) is 0.837. The van der Waals surface area contributed by atoms with Gasteiger partial charge in [-0.1, -0.05) is 31.2 Å². The van der Waals surface area contributed by atoms with Gasteiger partial charge in [-0.2, -0.15) is 0 Å². The normalized spacial score (nSPS) is 12.6. The van der Waals surface area contributed by atoms with E-state index in [0.717, 1.165) is 30.1 Å². The number of rotatable bonds is 6. The molecule has 0 fully saturated rings. The zero-order valence-corrected chi connectivity index (χ0v) is 11.5. The molecule has 1 aromatic carbocycles. The summed E-state index contributed by atoms with van der Waals surface area (Å²) in [4.78, 5) is 7.71. The average Bonchev–Trinajstić information content (AvgIpc) is 2.94. The van der Waals surface area contributed by atoms with E-state index in [0.29, 0.717) is 6.54 Å². The summed E-state index contributed by atoms with van der Waals surface area (Å²) in [5.41, 5.74) is 9.10. The van der Waals surface area contributed by atoms with Gasteiger partial charge in [0, 0.05) is 19.6 Å². The molecule has 1 aromatic heterocycles. The number of H-pyrrole nitrogens is 1. The van der Waals surface area contributed by atoms with E-state index >= 15 is 0 Å². The van der Waals surface area contributed by atoms with E-state index in [9.17, 15) is 0 Å². The minimum absolute atomic E-state index is 0.259. The first-order chi connectivity index (χ1) is 9.24. The fraction of sp³-hybridized carbons (Fsp3) is 0.400. The van der Waals surface area contributed by atoms with Gasteiger partial charge < -0.3 is 15.5 Å². The Morgan fingerprint density at radius 1 is 1.32 bits per heavy atom. The van der Waals surface area contributed by atoms with Crippen molar-refractivity contribution >= 4 is 0 Å². The Morgan fingerprint density at radius 2 is 2.05 bits per heavy atom. The van der Waals surface area contributed by atoms with Gasteiger partial charge in [0.1, 0.15) is 5.82 Å². The number of benzene rings is 1. The molecular formula is C15H21N3O. The molecule has 19 heavy (non-hydrogen) atoms. The van der Waals surface area contributed by atoms with Crippen molar-refractivity contribution in [3.63, 3.8) is 0 Å². The van der Waals surface area contributed by atoms with Gasteiger partial charge >= 0.3 is 0 Å². The van der Waals surface area contributed by atoms with Crippen LogP contribution in [0.2, 0.25) is 0 Å². The lowest BCUT2D eigenvalue weighted by Gasteiger charge is -2.04. The van der Waals surface area contributed by atoms with Crippen molar-refractivity contribution in [3.05, 3.63) is 41.9 Å². The lowest BCUT2D eigenvalue weighted by Crippen LogP contribution is -2.10. The maximum atomic E-state index is 5.65. The van der Waals surface area contributed by atoms with Crippen LogP contribution in [0.3, 0.4) is 0 Å². The molecule has 102 valence electrons. The molecule has 2 rings (SSSR count). The number of imidazole rings is 1. The zero-order chi connectivity index (χ0) is 13.7. The average molecular weight is 259 g/mol. The first-order valence-electron chi connectivity index (χ1n) is 6.57. The van der Waals surface area contributed by atoms with Crippen LogP contribution < -0.4 is 5.73 Å². The summed E-state index contributed by atoms with van der Waals surface area (Å²) in [7, 11) is 1.72. The van der Waals surface area contributed by atoms with Crippen LogP contribution in [0.4, 0.5) is 0 Å². The number of nitrogens with two attached hydrogens (primary N) is 1. The summed E-state index contributed by atoms with van der Waals surface area (Å²) in [6, 6.07) is 8.47. The highest BCUT2D eigenvalue weighted by Crippen LogP contribution is 2.20. The number of hydrogen-bond acceptors (Lipinski definition) is 3. The predicted octanol–water partition coefficient (Wildman–Crippen LogP) is 2.33. The van der Waals surface area contributed by atoms with Crippen LogP contribution >= 0.6 is 0 Å². The topological polar surface area (TPSA) is 63.9 Å². The second kappa shape index (κ2) is 6.50. The molecule has 0 aliphatic heterocycles. The summed E-state index contributed by atoms with van der Waals surface area (Å²) in [6.07, 6.45) is 2.81. The molecule has 0 saturated carbocycles. The molecular weight excluding hydrogens is 238 g/mol. The number of nitrogens with zero attached hydrogens (tertiary/aromatic N) is 1. The van der Waals surface area contributed by atoms with Gasteiger partial charge in [0.2, 0.25) is 0 Å². The second-order valence-corrected chi connectivity index (χ2v) is 4.76. The molecule has 0 aliphatic rings. The maximum Gasteiger partial charge on any atom is 0.110 e. The molecule has 4 nitrogen and oxygen atoms in total. The smallest absolute Gasteiger partial charge is 0.110 e. The van der Waals surface area contributed by atoms with Crippen LogP contribution in [0.25, 0.3) is 11.3 Å². The van der Waals surface area contributed by atoms with Crippen LogP contribution in [0, 0.1) is 0 Å². The third-order valence-electron chi connectivity index (χ3n) is 3.28. The molecule has 0 saturated heterocycles. The van der Waals surface area contributed by atoms with E-state index in [2.05, 4.69) is 41.2 Å². The highest BCUT2D eigenvalue weighted by Gasteiger charge is 2.08. The largest absolute Gasteiger partial charge is 0.384 e. The van der Waals surface area contributed by atoms with Crippen LogP contribution in [-0.2, 0) is 11.2 Å². The van der Waals surface area contributed by atoms with Gasteiger partial charge in [-0.3, -0.25) is 0 Å². The number of methoxy groups -OCH3 is 1. The lowest BCUT2D eigenvalue weighted by atomic mass is 10.1. The van der Waals surface area contributed by atoms with Gasteiger partial charge in [0.25, 0.3) is 0 Å². The number of nitrogens with one attached hydrogen (secondary N) is 1. The predicted molar refractivity (Wildman–Crippen MR) is 77.1 cm³/mol. The fourth-order valence-electron chi connectivity index (χ4n) is 1.92. The summed E-state index contributed by atoms with van der Waals surface area (Å²) >= 11 is 0. The number of aromatic nitrogens is 2. The van der Waals surface area contributed by atoms with Gasteiger partial charge in [-0.05, 0) is 17.5 Å². The maximum absolute atomic E-state index is 5.65. The van der Waals surface area contributed by atoms with Gasteiger partial charge in [-0.25, -0.2) is 4.98 Å². The van der Waals surface area contributed by atoms with E-state index in [1.54, 1.807) is 7.11 Å².